The predicted octanol–water partition coefficient (Wildman–Crippen LogP) is 0.263. The number of carbonyl (C=O) groups excluding carboxylic acids is 1. The number of hydrogen-bond donors (Lipinski definition) is 2. The third-order valence-electron chi connectivity index (χ3n) is 1.81. The lowest BCUT2D eigenvalue weighted by atomic mass is 10.2. The van der Waals surface area contributed by atoms with E-state index in [0.29, 0.717) is 0 Å². The first-order valence-corrected chi connectivity index (χ1v) is 4.24. The van der Waals surface area contributed by atoms with Crippen LogP contribution in [0.4, 0.5) is 0 Å². The first kappa shape index (κ1) is 8.53. The summed E-state index contributed by atoms with van der Waals surface area (Å²) < 4.78 is 0. The van der Waals surface area contributed by atoms with Crippen molar-refractivity contribution in [1.82, 2.24) is 10.6 Å². The van der Waals surface area contributed by atoms with Crippen LogP contribution in [-0.2, 0) is 4.79 Å². The molecule has 0 aromatic heterocycles. The predicted molar refractivity (Wildman–Crippen MR) is 44.3 cm³/mol. The molecular weight excluding hydrogens is 140 g/mol. The van der Waals surface area contributed by atoms with Crippen molar-refractivity contribution in [3.63, 3.8) is 0 Å². The Bertz CT molecular complexity index is 139. The van der Waals surface area contributed by atoms with Crippen molar-refractivity contribution >= 4 is 5.91 Å². The highest BCUT2D eigenvalue weighted by Gasteiger charge is 2.21. The van der Waals surface area contributed by atoms with E-state index in [-0.39, 0.29) is 18.0 Å². The fraction of sp³-hybridized carbons (Fsp3) is 0.875. The Labute approximate surface area is 67.5 Å². The summed E-state index contributed by atoms with van der Waals surface area (Å²) in [6.07, 6.45) is 2.11. The lowest BCUT2D eigenvalue weighted by molar-refractivity contribution is -0.123. The van der Waals surface area contributed by atoms with Crippen molar-refractivity contribution in [2.75, 3.05) is 6.54 Å². The molecule has 0 saturated carbocycles. The molecule has 2 N–H and O–H groups in total. The molecule has 64 valence electrons. The minimum atomic E-state index is 0.0670. The van der Waals surface area contributed by atoms with Gasteiger partial charge in [0.1, 0.15) is 0 Å². The van der Waals surface area contributed by atoms with Gasteiger partial charge in [-0.05, 0) is 33.2 Å². The van der Waals surface area contributed by atoms with E-state index in [0.717, 1.165) is 19.4 Å². The number of nitrogens with one attached hydrogen (secondary N) is 2. The van der Waals surface area contributed by atoms with E-state index < -0.39 is 0 Å². The Morgan fingerprint density at radius 2 is 2.36 bits per heavy atom. The van der Waals surface area contributed by atoms with Crippen molar-refractivity contribution in [2.24, 2.45) is 0 Å². The van der Waals surface area contributed by atoms with Crippen LogP contribution < -0.4 is 10.6 Å². The molecule has 0 aliphatic carbocycles. The molecule has 1 unspecified atom stereocenters. The summed E-state index contributed by atoms with van der Waals surface area (Å²) in [6, 6.07) is 0.322. The van der Waals surface area contributed by atoms with Gasteiger partial charge in [0.05, 0.1) is 6.04 Å². The third kappa shape index (κ3) is 2.50. The summed E-state index contributed by atoms with van der Waals surface area (Å²) in [6.45, 7) is 4.94. The van der Waals surface area contributed by atoms with Gasteiger partial charge in [0.2, 0.25) is 5.91 Å². The van der Waals surface area contributed by atoms with Crippen LogP contribution >= 0.6 is 0 Å². The summed E-state index contributed by atoms with van der Waals surface area (Å²) >= 11 is 0. The molecule has 0 aromatic carbocycles. The van der Waals surface area contributed by atoms with Crippen LogP contribution in [0.5, 0.6) is 0 Å². The van der Waals surface area contributed by atoms with Gasteiger partial charge in [0.15, 0.2) is 0 Å². The molecule has 1 fully saturated rings. The average molecular weight is 156 g/mol. The zero-order chi connectivity index (χ0) is 8.27. The third-order valence-corrected chi connectivity index (χ3v) is 1.81. The van der Waals surface area contributed by atoms with Crippen molar-refractivity contribution in [1.29, 1.82) is 0 Å². The van der Waals surface area contributed by atoms with Crippen molar-refractivity contribution in [3.8, 4) is 0 Å². The molecule has 1 saturated heterocycles. The summed E-state index contributed by atoms with van der Waals surface area (Å²) in [4.78, 5) is 11.3. The van der Waals surface area contributed by atoms with Gasteiger partial charge in [-0.1, -0.05) is 0 Å². The SMILES string of the molecule is CC(C)NC(=O)C1CCCN1. The van der Waals surface area contributed by atoms with E-state index in [4.69, 9.17) is 0 Å². The molecule has 1 amide bonds. The number of amides is 1. The van der Waals surface area contributed by atoms with E-state index in [1.807, 2.05) is 13.8 Å². The van der Waals surface area contributed by atoms with Crippen LogP contribution in [0.3, 0.4) is 0 Å². The van der Waals surface area contributed by atoms with E-state index in [1.54, 1.807) is 0 Å². The number of hydrogen-bond acceptors (Lipinski definition) is 2. The van der Waals surface area contributed by atoms with Gasteiger partial charge in [0, 0.05) is 6.04 Å². The molecule has 1 rings (SSSR count). The second kappa shape index (κ2) is 3.72. The highest BCUT2D eigenvalue weighted by molar-refractivity contribution is 5.82. The van der Waals surface area contributed by atoms with Crippen LogP contribution in [-0.4, -0.2) is 24.5 Å². The summed E-state index contributed by atoms with van der Waals surface area (Å²) in [5.41, 5.74) is 0. The summed E-state index contributed by atoms with van der Waals surface area (Å²) in [7, 11) is 0. The molecule has 1 aliphatic heterocycles. The van der Waals surface area contributed by atoms with Gasteiger partial charge >= 0.3 is 0 Å². The van der Waals surface area contributed by atoms with Crippen LogP contribution in [0.1, 0.15) is 26.7 Å². The molecule has 0 aromatic rings. The van der Waals surface area contributed by atoms with Gasteiger partial charge in [-0.15, -0.1) is 0 Å². The zero-order valence-electron chi connectivity index (χ0n) is 7.18. The highest BCUT2D eigenvalue weighted by atomic mass is 16.2. The molecule has 3 heteroatoms. The monoisotopic (exact) mass is 156 g/mol. The fourth-order valence-corrected chi connectivity index (χ4v) is 1.29. The van der Waals surface area contributed by atoms with E-state index in [1.165, 1.54) is 0 Å². The number of rotatable bonds is 2. The smallest absolute Gasteiger partial charge is 0.237 e. The maximum absolute atomic E-state index is 11.3. The summed E-state index contributed by atoms with van der Waals surface area (Å²) in [5.74, 6) is 0.150. The standard InChI is InChI=1S/C8H16N2O/c1-6(2)10-8(11)7-4-3-5-9-7/h6-7,9H,3-5H2,1-2H3,(H,10,11). The molecule has 1 atom stereocenters. The lowest BCUT2D eigenvalue weighted by Crippen LogP contribution is -2.43. The first-order chi connectivity index (χ1) is 5.20. The second-order valence-corrected chi connectivity index (χ2v) is 3.31. The maximum Gasteiger partial charge on any atom is 0.237 e. The van der Waals surface area contributed by atoms with E-state index >= 15 is 0 Å². The minimum absolute atomic E-state index is 0.0670. The summed E-state index contributed by atoms with van der Waals surface area (Å²) in [5, 5.41) is 6.03. The normalized spacial score (nSPS) is 24.1. The number of carbonyl (C=O) groups is 1. The maximum atomic E-state index is 11.3. The molecule has 1 aliphatic rings. The Hall–Kier alpha value is -0.570. The van der Waals surface area contributed by atoms with Crippen molar-refractivity contribution in [3.05, 3.63) is 0 Å². The molecular formula is C8H16N2O. The van der Waals surface area contributed by atoms with Crippen LogP contribution in [0.15, 0.2) is 0 Å². The van der Waals surface area contributed by atoms with E-state index in [2.05, 4.69) is 10.6 Å². The largest absolute Gasteiger partial charge is 0.353 e. The van der Waals surface area contributed by atoms with Gasteiger partial charge < -0.3 is 10.6 Å². The molecule has 0 spiro atoms. The average Bonchev–Trinajstić information content (AvgIpc) is 2.35. The zero-order valence-corrected chi connectivity index (χ0v) is 7.18. The van der Waals surface area contributed by atoms with Crippen LogP contribution in [0, 0.1) is 0 Å². The Morgan fingerprint density at radius 1 is 1.64 bits per heavy atom. The molecule has 1 heterocycles. The fourth-order valence-electron chi connectivity index (χ4n) is 1.29. The topological polar surface area (TPSA) is 41.1 Å². The first-order valence-electron chi connectivity index (χ1n) is 4.24. The lowest BCUT2D eigenvalue weighted by Gasteiger charge is -2.13. The van der Waals surface area contributed by atoms with Gasteiger partial charge in [0.25, 0.3) is 0 Å². The van der Waals surface area contributed by atoms with Gasteiger partial charge in [-0.25, -0.2) is 0 Å². The minimum Gasteiger partial charge on any atom is -0.353 e. The van der Waals surface area contributed by atoms with Gasteiger partial charge in [-0.2, -0.15) is 0 Å². The van der Waals surface area contributed by atoms with Gasteiger partial charge in [-0.3, -0.25) is 4.79 Å². The second-order valence-electron chi connectivity index (χ2n) is 3.31. The Kier molecular flexibility index (Phi) is 2.88. The quantitative estimate of drug-likeness (QED) is 0.602. The molecule has 3 nitrogen and oxygen atoms in total. The highest BCUT2D eigenvalue weighted by Crippen LogP contribution is 2.04. The van der Waals surface area contributed by atoms with E-state index in [9.17, 15) is 4.79 Å². The molecule has 0 radical (unpaired) electrons. The molecule has 0 bridgehead atoms. The van der Waals surface area contributed by atoms with Crippen molar-refractivity contribution < 1.29 is 4.79 Å². The Morgan fingerprint density at radius 3 is 2.82 bits per heavy atom. The van der Waals surface area contributed by atoms with Crippen LogP contribution in [0.2, 0.25) is 0 Å². The van der Waals surface area contributed by atoms with Crippen molar-refractivity contribution in [2.45, 2.75) is 38.8 Å². The van der Waals surface area contributed by atoms with Crippen LogP contribution in [0.25, 0.3) is 0 Å². The molecule has 11 heavy (non-hydrogen) atoms. The Balaban J connectivity index is 2.28.